The number of carbonyl (C=O) groups is 1. The maximum Gasteiger partial charge on any atom is 0.272 e. The number of pyridine rings is 1. The van der Waals surface area contributed by atoms with Gasteiger partial charge in [0.1, 0.15) is 28.8 Å². The van der Waals surface area contributed by atoms with Gasteiger partial charge in [0.05, 0.1) is 10.6 Å². The second kappa shape index (κ2) is 9.38. The monoisotopic (exact) mass is 594 g/mol. The summed E-state index contributed by atoms with van der Waals surface area (Å²) in [6, 6.07) is 16.2. The summed E-state index contributed by atoms with van der Waals surface area (Å²) in [4.78, 5) is 17.8. The van der Waals surface area contributed by atoms with Crippen molar-refractivity contribution in [2.24, 2.45) is 17.3 Å². The third-order valence-electron chi connectivity index (χ3n) is 10.1. The Hall–Kier alpha value is -4.24. The molecule has 11 heteroatoms. The number of amides is 1. The van der Waals surface area contributed by atoms with Gasteiger partial charge in [0.2, 0.25) is 5.95 Å². The highest BCUT2D eigenvalue weighted by molar-refractivity contribution is 7.97. The summed E-state index contributed by atoms with van der Waals surface area (Å²) >= 11 is 1.53. The maximum atomic E-state index is 13.9. The number of hydrogen-bond acceptors (Lipinski definition) is 8. The van der Waals surface area contributed by atoms with Crippen LogP contribution in [0.15, 0.2) is 64.0 Å². The van der Waals surface area contributed by atoms with E-state index in [2.05, 4.69) is 20.2 Å². The van der Waals surface area contributed by atoms with E-state index >= 15 is 0 Å². The van der Waals surface area contributed by atoms with Crippen molar-refractivity contribution in [2.75, 3.05) is 5.32 Å². The van der Waals surface area contributed by atoms with Crippen LogP contribution in [0.1, 0.15) is 52.4 Å². The van der Waals surface area contributed by atoms with Crippen LogP contribution in [0.2, 0.25) is 0 Å². The van der Waals surface area contributed by atoms with Crippen molar-refractivity contribution in [3.05, 3.63) is 88.9 Å². The van der Waals surface area contributed by atoms with E-state index in [4.69, 9.17) is 9.78 Å². The highest BCUT2D eigenvalue weighted by atomic mass is 32.2. The summed E-state index contributed by atoms with van der Waals surface area (Å²) in [6.45, 7) is 2.47. The maximum absolute atomic E-state index is 13.9. The molecule has 216 valence electrons. The number of rotatable bonds is 7. The molecular formula is C32H27FN6O3S. The fourth-order valence-electron chi connectivity index (χ4n) is 8.02. The molecule has 9 nitrogen and oxygen atoms in total. The first kappa shape index (κ1) is 26.4. The molecule has 4 aliphatic rings. The topological polar surface area (TPSA) is 129 Å². The fourth-order valence-corrected chi connectivity index (χ4v) is 9.14. The predicted molar refractivity (Wildman–Crippen MR) is 157 cm³/mol. The molecule has 4 heterocycles. The van der Waals surface area contributed by atoms with Gasteiger partial charge in [-0.1, -0.05) is 41.6 Å². The Kier molecular flexibility index (Phi) is 5.76. The highest BCUT2D eigenvalue weighted by Gasteiger charge is 2.82. The Morgan fingerprint density at radius 2 is 2.09 bits per heavy atom. The van der Waals surface area contributed by atoms with E-state index in [1.165, 1.54) is 18.0 Å². The molecule has 5 atom stereocenters. The third-order valence-corrected chi connectivity index (χ3v) is 11.2. The molecule has 1 spiro atoms. The molecule has 1 aliphatic heterocycles. The molecule has 1 amide bonds. The van der Waals surface area contributed by atoms with Gasteiger partial charge >= 0.3 is 0 Å². The van der Waals surface area contributed by atoms with Crippen LogP contribution in [0.5, 0.6) is 0 Å². The van der Waals surface area contributed by atoms with Crippen LogP contribution in [-0.4, -0.2) is 31.8 Å². The Morgan fingerprint density at radius 3 is 2.84 bits per heavy atom. The van der Waals surface area contributed by atoms with Crippen LogP contribution in [0.25, 0.3) is 17.4 Å². The average molecular weight is 595 g/mol. The molecule has 4 aromatic rings. The first-order chi connectivity index (χ1) is 20.8. The van der Waals surface area contributed by atoms with Crippen molar-refractivity contribution in [1.29, 1.82) is 5.26 Å². The van der Waals surface area contributed by atoms with E-state index in [-0.39, 0.29) is 28.7 Å². The lowest BCUT2D eigenvalue weighted by Gasteiger charge is -2.80. The molecule has 3 saturated carbocycles. The lowest BCUT2D eigenvalue weighted by Crippen LogP contribution is -2.84. The van der Waals surface area contributed by atoms with Crippen LogP contribution in [0.4, 0.5) is 10.1 Å². The van der Waals surface area contributed by atoms with Gasteiger partial charge < -0.3 is 19.5 Å². The van der Waals surface area contributed by atoms with Crippen LogP contribution in [-0.2, 0) is 12.1 Å². The van der Waals surface area contributed by atoms with Gasteiger partial charge in [-0.25, -0.2) is 4.98 Å². The molecule has 3 fully saturated rings. The van der Waals surface area contributed by atoms with Gasteiger partial charge in [-0.15, -0.1) is 0 Å². The molecule has 8 rings (SSSR count). The molecule has 5 unspecified atom stereocenters. The summed E-state index contributed by atoms with van der Waals surface area (Å²) in [5, 5.41) is 28.0. The van der Waals surface area contributed by atoms with Crippen LogP contribution < -0.4 is 10.0 Å². The van der Waals surface area contributed by atoms with Crippen LogP contribution in [0.3, 0.4) is 0 Å². The number of aliphatic hydroxyl groups is 1. The van der Waals surface area contributed by atoms with Crippen molar-refractivity contribution in [3.8, 4) is 17.4 Å². The second-order valence-electron chi connectivity index (χ2n) is 11.9. The zero-order chi connectivity index (χ0) is 29.5. The summed E-state index contributed by atoms with van der Waals surface area (Å²) in [7, 11) is 0. The largest absolute Gasteiger partial charge is 0.383 e. The molecule has 3 N–H and O–H groups in total. The number of allylic oxidation sites excluding steroid dienone is 1. The van der Waals surface area contributed by atoms with E-state index in [1.54, 1.807) is 0 Å². The van der Waals surface area contributed by atoms with Crippen molar-refractivity contribution >= 4 is 29.6 Å². The number of aromatic nitrogens is 3. The van der Waals surface area contributed by atoms with Gasteiger partial charge in [0.15, 0.2) is 5.76 Å². The van der Waals surface area contributed by atoms with Gasteiger partial charge in [-0.3, -0.25) is 9.52 Å². The first-order valence-corrected chi connectivity index (χ1v) is 15.1. The molecule has 0 bridgehead atoms. The number of nitrogens with one attached hydrogen (secondary N) is 2. The Labute approximate surface area is 250 Å². The number of nitriles is 1. The average Bonchev–Trinajstić information content (AvgIpc) is 3.71. The molecule has 3 aromatic heterocycles. The standard InChI is InChI=1S/C32H27FN6O3S/c1-17-28(30(40)36-19-12-20(16-34)35-26(33)13-19)39-11-5-8-23(39)29(17)43-38-27-21-9-10-31(21)22(27)15-32(31,41)25-14-24(42-37-25)18-6-3-2-4-7-18/h2-8,12-14,21-22,27,38,41H,9-11,15H2,1H3,(H,35,36,40). The summed E-state index contributed by atoms with van der Waals surface area (Å²) < 4.78 is 25.2. The SMILES string of the molecule is Cc1c(SNC2C3CCC34C2CC4(O)c2cc(-c3ccccc3)on2)c2n(c1C(=O)Nc1cc(F)nc(C#N)c1)CC=C2. The lowest BCUT2D eigenvalue weighted by atomic mass is 9.26. The molecule has 3 aliphatic carbocycles. The fraction of sp³-hybridized carbons (Fsp3) is 0.312. The highest BCUT2D eigenvalue weighted by Crippen LogP contribution is 2.81. The lowest BCUT2D eigenvalue weighted by molar-refractivity contribution is -0.367. The van der Waals surface area contributed by atoms with Crippen molar-refractivity contribution < 1.29 is 18.8 Å². The van der Waals surface area contributed by atoms with E-state index in [0.29, 0.717) is 41.9 Å². The number of hydrogen-bond donors (Lipinski definition) is 3. The minimum Gasteiger partial charge on any atom is -0.383 e. The Balaban J connectivity index is 0.991. The second-order valence-corrected chi connectivity index (χ2v) is 12.7. The minimum absolute atomic E-state index is 0.106. The summed E-state index contributed by atoms with van der Waals surface area (Å²) in [6.07, 6.45) is 6.64. The molecular weight excluding hydrogens is 567 g/mol. The van der Waals surface area contributed by atoms with E-state index in [1.807, 2.05) is 66.1 Å². The molecule has 0 saturated heterocycles. The molecule has 0 radical (unpaired) electrons. The van der Waals surface area contributed by atoms with Crippen molar-refractivity contribution in [1.82, 2.24) is 19.4 Å². The normalized spacial score (nSPS) is 27.6. The number of benzene rings is 1. The number of carbonyl (C=O) groups excluding carboxylic acids is 1. The third kappa shape index (κ3) is 3.60. The zero-order valence-corrected chi connectivity index (χ0v) is 24.0. The van der Waals surface area contributed by atoms with Crippen molar-refractivity contribution in [3.63, 3.8) is 0 Å². The summed E-state index contributed by atoms with van der Waals surface area (Å²) in [5.41, 5.74) is 2.72. The van der Waals surface area contributed by atoms with Gasteiger partial charge in [-0.05, 0) is 67.7 Å². The summed E-state index contributed by atoms with van der Waals surface area (Å²) in [5.74, 6) is 0.104. The van der Waals surface area contributed by atoms with E-state index in [0.717, 1.165) is 40.6 Å². The zero-order valence-electron chi connectivity index (χ0n) is 23.2. The number of halogens is 1. The minimum atomic E-state index is -0.987. The van der Waals surface area contributed by atoms with E-state index in [9.17, 15) is 14.3 Å². The van der Waals surface area contributed by atoms with E-state index < -0.39 is 11.5 Å². The first-order valence-electron chi connectivity index (χ1n) is 14.3. The van der Waals surface area contributed by atoms with Gasteiger partial charge in [0, 0.05) is 41.4 Å². The quantitative estimate of drug-likeness (QED) is 0.191. The predicted octanol–water partition coefficient (Wildman–Crippen LogP) is 5.42. The van der Waals surface area contributed by atoms with Crippen LogP contribution in [0, 0.1) is 41.5 Å². The van der Waals surface area contributed by atoms with Crippen molar-refractivity contribution in [2.45, 2.75) is 49.3 Å². The van der Waals surface area contributed by atoms with Gasteiger partial charge in [0.25, 0.3) is 5.91 Å². The number of anilines is 1. The number of fused-ring (bicyclic) bond motifs is 1. The molecule has 1 aromatic carbocycles. The number of nitrogens with zero attached hydrogens (tertiary/aromatic N) is 4. The Bertz CT molecular complexity index is 1870. The molecule has 43 heavy (non-hydrogen) atoms. The van der Waals surface area contributed by atoms with Crippen LogP contribution >= 0.6 is 11.9 Å². The smallest absolute Gasteiger partial charge is 0.272 e. The Morgan fingerprint density at radius 1 is 1.26 bits per heavy atom. The van der Waals surface area contributed by atoms with Gasteiger partial charge in [-0.2, -0.15) is 9.65 Å².